The topological polar surface area (TPSA) is 35.5 Å². The van der Waals surface area contributed by atoms with Gasteiger partial charge in [-0.2, -0.15) is 0 Å². The highest BCUT2D eigenvalue weighted by molar-refractivity contribution is 5.99. The SMILES string of the molecule is COc1ccc(C(=O)C(C)OCCC2CC2)cc1. The predicted octanol–water partition coefficient (Wildman–Crippen LogP) is 3.08. The van der Waals surface area contributed by atoms with Gasteiger partial charge in [0.05, 0.1) is 7.11 Å². The highest BCUT2D eigenvalue weighted by atomic mass is 16.5. The van der Waals surface area contributed by atoms with E-state index in [0.717, 1.165) is 18.1 Å². The van der Waals surface area contributed by atoms with Gasteiger partial charge in [0.25, 0.3) is 0 Å². The summed E-state index contributed by atoms with van der Waals surface area (Å²) in [5.41, 5.74) is 0.676. The third-order valence-electron chi connectivity index (χ3n) is 3.33. The molecular weight excluding hydrogens is 228 g/mol. The van der Waals surface area contributed by atoms with E-state index >= 15 is 0 Å². The van der Waals surface area contributed by atoms with E-state index in [-0.39, 0.29) is 11.9 Å². The minimum atomic E-state index is -0.364. The van der Waals surface area contributed by atoms with Gasteiger partial charge in [-0.1, -0.05) is 12.8 Å². The molecular formula is C15H20O3. The Labute approximate surface area is 108 Å². The number of Topliss-reactive ketones (excluding diaryl/α,β-unsaturated/α-hetero) is 1. The van der Waals surface area contributed by atoms with Crippen LogP contribution in [0.5, 0.6) is 5.75 Å². The summed E-state index contributed by atoms with van der Waals surface area (Å²) in [7, 11) is 1.61. The average Bonchev–Trinajstić information content (AvgIpc) is 3.22. The first kappa shape index (κ1) is 13.1. The molecule has 98 valence electrons. The molecule has 2 rings (SSSR count). The van der Waals surface area contributed by atoms with E-state index in [2.05, 4.69) is 0 Å². The van der Waals surface area contributed by atoms with E-state index in [4.69, 9.17) is 9.47 Å². The Morgan fingerprint density at radius 2 is 2.00 bits per heavy atom. The highest BCUT2D eigenvalue weighted by Crippen LogP contribution is 2.32. The molecule has 0 bridgehead atoms. The summed E-state index contributed by atoms with van der Waals surface area (Å²) in [6.45, 7) is 2.51. The van der Waals surface area contributed by atoms with Crippen molar-refractivity contribution in [2.24, 2.45) is 5.92 Å². The Bertz CT molecular complexity index is 393. The van der Waals surface area contributed by atoms with Crippen molar-refractivity contribution in [2.45, 2.75) is 32.3 Å². The zero-order valence-electron chi connectivity index (χ0n) is 11.0. The fraction of sp³-hybridized carbons (Fsp3) is 0.533. The molecule has 0 spiro atoms. The molecule has 1 aromatic rings. The normalized spacial score (nSPS) is 16.3. The van der Waals surface area contributed by atoms with E-state index < -0.39 is 0 Å². The molecule has 0 heterocycles. The molecule has 0 radical (unpaired) electrons. The molecule has 0 saturated heterocycles. The number of carbonyl (C=O) groups excluding carboxylic acids is 1. The minimum Gasteiger partial charge on any atom is -0.497 e. The monoisotopic (exact) mass is 248 g/mol. The van der Waals surface area contributed by atoms with Crippen molar-refractivity contribution < 1.29 is 14.3 Å². The van der Waals surface area contributed by atoms with E-state index in [0.29, 0.717) is 12.2 Å². The largest absolute Gasteiger partial charge is 0.497 e. The second-order valence-corrected chi connectivity index (χ2v) is 4.84. The van der Waals surface area contributed by atoms with Gasteiger partial charge in [0.2, 0.25) is 0 Å². The summed E-state index contributed by atoms with van der Waals surface area (Å²) in [5, 5.41) is 0. The van der Waals surface area contributed by atoms with Crippen LogP contribution in [0.1, 0.15) is 36.5 Å². The molecule has 1 fully saturated rings. The van der Waals surface area contributed by atoms with E-state index in [9.17, 15) is 4.79 Å². The zero-order valence-corrected chi connectivity index (χ0v) is 11.0. The molecule has 18 heavy (non-hydrogen) atoms. The van der Waals surface area contributed by atoms with Gasteiger partial charge in [-0.05, 0) is 43.5 Å². The van der Waals surface area contributed by atoms with E-state index in [1.54, 1.807) is 31.4 Å². The smallest absolute Gasteiger partial charge is 0.191 e. The molecule has 1 aliphatic carbocycles. The lowest BCUT2D eigenvalue weighted by atomic mass is 10.1. The van der Waals surface area contributed by atoms with Crippen molar-refractivity contribution in [1.82, 2.24) is 0 Å². The summed E-state index contributed by atoms with van der Waals surface area (Å²) in [4.78, 5) is 12.1. The molecule has 0 aliphatic heterocycles. The highest BCUT2D eigenvalue weighted by Gasteiger charge is 2.22. The molecule has 3 nitrogen and oxygen atoms in total. The summed E-state index contributed by atoms with van der Waals surface area (Å²) >= 11 is 0. The molecule has 1 aromatic carbocycles. The van der Waals surface area contributed by atoms with Gasteiger partial charge in [-0.25, -0.2) is 0 Å². The number of hydrogen-bond acceptors (Lipinski definition) is 3. The standard InChI is InChI=1S/C15H20O3/c1-11(18-10-9-12-3-4-12)15(16)13-5-7-14(17-2)8-6-13/h5-8,11-12H,3-4,9-10H2,1-2H3. The zero-order chi connectivity index (χ0) is 13.0. The Hall–Kier alpha value is -1.35. The van der Waals surface area contributed by atoms with E-state index in [1.807, 2.05) is 6.92 Å². The van der Waals surface area contributed by atoms with Crippen molar-refractivity contribution in [2.75, 3.05) is 13.7 Å². The number of ether oxygens (including phenoxy) is 2. The lowest BCUT2D eigenvalue weighted by Crippen LogP contribution is -2.21. The summed E-state index contributed by atoms with van der Waals surface area (Å²) < 4.78 is 10.6. The van der Waals surface area contributed by atoms with Crippen molar-refractivity contribution >= 4 is 5.78 Å². The van der Waals surface area contributed by atoms with Crippen LogP contribution in [-0.4, -0.2) is 25.6 Å². The number of methoxy groups -OCH3 is 1. The van der Waals surface area contributed by atoms with Gasteiger partial charge in [-0.15, -0.1) is 0 Å². The van der Waals surface area contributed by atoms with Gasteiger partial charge in [-0.3, -0.25) is 4.79 Å². The molecule has 1 atom stereocenters. The maximum atomic E-state index is 12.1. The maximum Gasteiger partial charge on any atom is 0.191 e. The van der Waals surface area contributed by atoms with Crippen LogP contribution >= 0.6 is 0 Å². The van der Waals surface area contributed by atoms with Crippen molar-refractivity contribution in [3.8, 4) is 5.75 Å². The third-order valence-corrected chi connectivity index (χ3v) is 3.33. The van der Waals surface area contributed by atoms with Crippen molar-refractivity contribution in [3.05, 3.63) is 29.8 Å². The van der Waals surface area contributed by atoms with Gasteiger partial charge in [0.1, 0.15) is 11.9 Å². The molecule has 0 amide bonds. The molecule has 3 heteroatoms. The molecule has 0 aromatic heterocycles. The van der Waals surface area contributed by atoms with Crippen LogP contribution in [0.2, 0.25) is 0 Å². The second kappa shape index (κ2) is 6.01. The molecule has 1 unspecified atom stereocenters. The van der Waals surface area contributed by atoms with Crippen LogP contribution in [-0.2, 0) is 4.74 Å². The Morgan fingerprint density at radius 3 is 2.56 bits per heavy atom. The van der Waals surface area contributed by atoms with Crippen LogP contribution in [0.25, 0.3) is 0 Å². The maximum absolute atomic E-state index is 12.1. The first-order chi connectivity index (χ1) is 8.70. The van der Waals surface area contributed by atoms with Gasteiger partial charge < -0.3 is 9.47 Å². The minimum absolute atomic E-state index is 0.0356. The first-order valence-corrected chi connectivity index (χ1v) is 6.50. The second-order valence-electron chi connectivity index (χ2n) is 4.84. The van der Waals surface area contributed by atoms with Crippen LogP contribution in [0, 0.1) is 5.92 Å². The van der Waals surface area contributed by atoms with Crippen LogP contribution in [0.15, 0.2) is 24.3 Å². The number of carbonyl (C=O) groups is 1. The number of ketones is 1. The Kier molecular flexibility index (Phi) is 4.37. The average molecular weight is 248 g/mol. The summed E-state index contributed by atoms with van der Waals surface area (Å²) in [6, 6.07) is 7.15. The Balaban J connectivity index is 1.83. The van der Waals surface area contributed by atoms with Crippen LogP contribution in [0.3, 0.4) is 0 Å². The van der Waals surface area contributed by atoms with E-state index in [1.165, 1.54) is 12.8 Å². The van der Waals surface area contributed by atoms with Gasteiger partial charge >= 0.3 is 0 Å². The number of benzene rings is 1. The van der Waals surface area contributed by atoms with Crippen LogP contribution < -0.4 is 4.74 Å². The lowest BCUT2D eigenvalue weighted by Gasteiger charge is -2.12. The summed E-state index contributed by atoms with van der Waals surface area (Å²) in [5.74, 6) is 1.63. The van der Waals surface area contributed by atoms with Gasteiger partial charge in [0, 0.05) is 12.2 Å². The summed E-state index contributed by atoms with van der Waals surface area (Å²) in [6.07, 6.45) is 3.37. The molecule has 1 saturated carbocycles. The molecule has 1 aliphatic rings. The lowest BCUT2D eigenvalue weighted by molar-refractivity contribution is 0.0457. The van der Waals surface area contributed by atoms with Crippen LogP contribution in [0.4, 0.5) is 0 Å². The fourth-order valence-electron chi connectivity index (χ4n) is 1.88. The first-order valence-electron chi connectivity index (χ1n) is 6.50. The quantitative estimate of drug-likeness (QED) is 0.696. The Morgan fingerprint density at radius 1 is 1.33 bits per heavy atom. The predicted molar refractivity (Wildman–Crippen MR) is 70.1 cm³/mol. The third kappa shape index (κ3) is 3.57. The fourth-order valence-corrected chi connectivity index (χ4v) is 1.88. The van der Waals surface area contributed by atoms with Gasteiger partial charge in [0.15, 0.2) is 5.78 Å². The number of hydrogen-bond donors (Lipinski definition) is 0. The van der Waals surface area contributed by atoms with Crippen molar-refractivity contribution in [3.63, 3.8) is 0 Å². The van der Waals surface area contributed by atoms with Crippen molar-refractivity contribution in [1.29, 1.82) is 0 Å². The number of rotatable bonds is 7. The molecule has 0 N–H and O–H groups in total.